The van der Waals surface area contributed by atoms with Crippen LogP contribution in [0, 0.1) is 0 Å². The van der Waals surface area contributed by atoms with Gasteiger partial charge in [0.05, 0.1) is 5.56 Å². The van der Waals surface area contributed by atoms with Crippen LogP contribution in [0.5, 0.6) is 0 Å². The first-order valence-corrected chi connectivity index (χ1v) is 7.20. The molecular weight excluding hydrogens is 294 g/mol. The molecule has 18 heavy (non-hydrogen) atoms. The molecule has 0 bridgehead atoms. The van der Waals surface area contributed by atoms with Gasteiger partial charge in [0.2, 0.25) is 0 Å². The van der Waals surface area contributed by atoms with Crippen molar-refractivity contribution in [3.05, 3.63) is 22.3 Å². The summed E-state index contributed by atoms with van der Waals surface area (Å²) in [6, 6.07) is 1.85. The Bertz CT molecular complexity index is 430. The zero-order chi connectivity index (χ0) is 13.0. The highest BCUT2D eigenvalue weighted by atomic mass is 79.9. The fourth-order valence-electron chi connectivity index (χ4n) is 2.08. The zero-order valence-electron chi connectivity index (χ0n) is 10.6. The molecule has 1 saturated heterocycles. The van der Waals surface area contributed by atoms with Gasteiger partial charge >= 0.3 is 0 Å². The van der Waals surface area contributed by atoms with Crippen molar-refractivity contribution in [3.8, 4) is 0 Å². The van der Waals surface area contributed by atoms with Gasteiger partial charge in [0.1, 0.15) is 5.82 Å². The average molecular weight is 312 g/mol. The number of carbonyl (C=O) groups excluding carboxylic acids is 1. The molecule has 0 atom stereocenters. The van der Waals surface area contributed by atoms with E-state index < -0.39 is 0 Å². The van der Waals surface area contributed by atoms with Crippen LogP contribution in [0.15, 0.2) is 16.7 Å². The minimum atomic E-state index is 0.0832. The van der Waals surface area contributed by atoms with Gasteiger partial charge in [-0.15, -0.1) is 0 Å². The predicted octanol–water partition coefficient (Wildman–Crippen LogP) is 2.90. The van der Waals surface area contributed by atoms with E-state index in [2.05, 4.69) is 33.2 Å². The molecular formula is C13H18BrN3O. The highest BCUT2D eigenvalue weighted by molar-refractivity contribution is 9.10. The number of anilines is 1. The summed E-state index contributed by atoms with van der Waals surface area (Å²) in [5, 5.41) is 3.22. The van der Waals surface area contributed by atoms with Crippen molar-refractivity contribution in [2.75, 3.05) is 25.0 Å². The number of hydrogen-bond donors (Lipinski definition) is 1. The second-order valence-corrected chi connectivity index (χ2v) is 5.39. The maximum absolute atomic E-state index is 12.4. The van der Waals surface area contributed by atoms with Gasteiger partial charge in [-0.05, 0) is 41.3 Å². The van der Waals surface area contributed by atoms with E-state index in [9.17, 15) is 4.79 Å². The van der Waals surface area contributed by atoms with E-state index >= 15 is 0 Å². The van der Waals surface area contributed by atoms with Crippen LogP contribution >= 0.6 is 15.9 Å². The molecule has 2 heterocycles. The van der Waals surface area contributed by atoms with E-state index in [-0.39, 0.29) is 5.91 Å². The molecule has 0 spiro atoms. The number of amides is 1. The van der Waals surface area contributed by atoms with Gasteiger partial charge in [-0.1, -0.05) is 6.92 Å². The Morgan fingerprint density at radius 2 is 2.22 bits per heavy atom. The molecule has 0 unspecified atom stereocenters. The second kappa shape index (κ2) is 6.18. The Kier molecular flexibility index (Phi) is 4.58. The number of halogens is 1. The number of hydrogen-bond acceptors (Lipinski definition) is 3. The third-order valence-corrected chi connectivity index (χ3v) is 3.45. The molecule has 5 heteroatoms. The van der Waals surface area contributed by atoms with Crippen LogP contribution in [0.25, 0.3) is 0 Å². The van der Waals surface area contributed by atoms with E-state index in [4.69, 9.17) is 0 Å². The monoisotopic (exact) mass is 311 g/mol. The van der Waals surface area contributed by atoms with Crippen LogP contribution < -0.4 is 5.32 Å². The molecule has 0 saturated carbocycles. The summed E-state index contributed by atoms with van der Waals surface area (Å²) in [7, 11) is 0. The second-order valence-electron chi connectivity index (χ2n) is 4.48. The molecule has 1 aromatic heterocycles. The fourth-order valence-corrected chi connectivity index (χ4v) is 2.41. The molecule has 4 nitrogen and oxygen atoms in total. The van der Waals surface area contributed by atoms with Gasteiger partial charge in [-0.2, -0.15) is 0 Å². The zero-order valence-corrected chi connectivity index (χ0v) is 12.2. The number of pyridine rings is 1. The predicted molar refractivity (Wildman–Crippen MR) is 75.9 cm³/mol. The first-order chi connectivity index (χ1) is 8.72. The number of nitrogens with one attached hydrogen (secondary N) is 1. The van der Waals surface area contributed by atoms with Crippen LogP contribution in [0.1, 0.15) is 36.5 Å². The van der Waals surface area contributed by atoms with Gasteiger partial charge in [0.25, 0.3) is 5.91 Å². The Labute approximate surface area is 116 Å². The first kappa shape index (κ1) is 13.3. The first-order valence-electron chi connectivity index (χ1n) is 6.41. The molecule has 1 amide bonds. The minimum Gasteiger partial charge on any atom is -0.369 e. The van der Waals surface area contributed by atoms with Crippen LogP contribution in [-0.4, -0.2) is 35.4 Å². The van der Waals surface area contributed by atoms with Crippen LogP contribution in [0.2, 0.25) is 0 Å². The summed E-state index contributed by atoms with van der Waals surface area (Å²) in [5.41, 5.74) is 0.666. The van der Waals surface area contributed by atoms with E-state index in [1.54, 1.807) is 6.20 Å². The number of nitrogens with zero attached hydrogens (tertiary/aromatic N) is 2. The van der Waals surface area contributed by atoms with Gasteiger partial charge in [0.15, 0.2) is 0 Å². The van der Waals surface area contributed by atoms with Gasteiger partial charge in [-0.25, -0.2) is 4.98 Å². The highest BCUT2D eigenvalue weighted by Crippen LogP contribution is 2.21. The third kappa shape index (κ3) is 3.02. The van der Waals surface area contributed by atoms with Gasteiger partial charge in [-0.3, -0.25) is 4.79 Å². The van der Waals surface area contributed by atoms with E-state index in [1.807, 2.05) is 11.0 Å². The van der Waals surface area contributed by atoms with E-state index in [1.165, 1.54) is 0 Å². The van der Waals surface area contributed by atoms with Crippen molar-refractivity contribution in [2.24, 2.45) is 0 Å². The van der Waals surface area contributed by atoms with Crippen LogP contribution in [0.4, 0.5) is 5.82 Å². The minimum absolute atomic E-state index is 0.0832. The molecule has 1 aliphatic heterocycles. The van der Waals surface area contributed by atoms with Crippen molar-refractivity contribution in [1.29, 1.82) is 0 Å². The number of likely N-dealkylation sites (tertiary alicyclic amines) is 1. The third-order valence-electron chi connectivity index (χ3n) is 3.02. The van der Waals surface area contributed by atoms with Gasteiger partial charge in [0, 0.05) is 30.3 Å². The average Bonchev–Trinajstić information content (AvgIpc) is 2.90. The van der Waals surface area contributed by atoms with E-state index in [0.29, 0.717) is 11.4 Å². The topological polar surface area (TPSA) is 45.2 Å². The molecule has 0 aliphatic carbocycles. The summed E-state index contributed by atoms with van der Waals surface area (Å²) >= 11 is 3.38. The number of carbonyl (C=O) groups is 1. The van der Waals surface area contributed by atoms with Crippen molar-refractivity contribution in [1.82, 2.24) is 9.88 Å². The number of rotatable bonds is 4. The fraction of sp³-hybridized carbons (Fsp3) is 0.538. The standard InChI is InChI=1S/C13H18BrN3O/c1-2-5-15-12-11(8-10(14)9-16-12)13(18)17-6-3-4-7-17/h8-9H,2-7H2,1H3,(H,15,16). The Balaban J connectivity index is 2.22. The van der Waals surface area contributed by atoms with Crippen LogP contribution in [0.3, 0.4) is 0 Å². The Hall–Kier alpha value is -1.10. The van der Waals surface area contributed by atoms with Crippen molar-refractivity contribution < 1.29 is 4.79 Å². The summed E-state index contributed by atoms with van der Waals surface area (Å²) < 4.78 is 0.840. The number of aromatic nitrogens is 1. The maximum Gasteiger partial charge on any atom is 0.257 e. The normalized spacial score (nSPS) is 14.9. The van der Waals surface area contributed by atoms with Crippen LogP contribution in [-0.2, 0) is 0 Å². The molecule has 1 aromatic rings. The summed E-state index contributed by atoms with van der Waals surface area (Å²) in [5.74, 6) is 0.775. The highest BCUT2D eigenvalue weighted by Gasteiger charge is 2.22. The Morgan fingerprint density at radius 1 is 1.50 bits per heavy atom. The molecule has 1 aliphatic rings. The molecule has 0 aromatic carbocycles. The smallest absolute Gasteiger partial charge is 0.257 e. The largest absolute Gasteiger partial charge is 0.369 e. The lowest BCUT2D eigenvalue weighted by atomic mass is 10.2. The molecule has 98 valence electrons. The van der Waals surface area contributed by atoms with Crippen molar-refractivity contribution in [2.45, 2.75) is 26.2 Å². The SMILES string of the molecule is CCCNc1ncc(Br)cc1C(=O)N1CCCC1. The van der Waals surface area contributed by atoms with Crippen molar-refractivity contribution in [3.63, 3.8) is 0 Å². The summed E-state index contributed by atoms with van der Waals surface area (Å²) in [6.07, 6.45) is 4.93. The lowest BCUT2D eigenvalue weighted by Crippen LogP contribution is -2.28. The van der Waals surface area contributed by atoms with E-state index in [0.717, 1.165) is 43.4 Å². The summed E-state index contributed by atoms with van der Waals surface area (Å²) in [6.45, 7) is 4.64. The maximum atomic E-state index is 12.4. The van der Waals surface area contributed by atoms with Gasteiger partial charge < -0.3 is 10.2 Å². The molecule has 1 N–H and O–H groups in total. The Morgan fingerprint density at radius 3 is 2.89 bits per heavy atom. The molecule has 0 radical (unpaired) electrons. The lowest BCUT2D eigenvalue weighted by Gasteiger charge is -2.17. The summed E-state index contributed by atoms with van der Waals surface area (Å²) in [4.78, 5) is 18.6. The van der Waals surface area contributed by atoms with Crippen molar-refractivity contribution >= 4 is 27.7 Å². The lowest BCUT2D eigenvalue weighted by molar-refractivity contribution is 0.0793. The molecule has 2 rings (SSSR count). The molecule has 1 fully saturated rings. The quantitative estimate of drug-likeness (QED) is 0.930.